The van der Waals surface area contributed by atoms with Gasteiger partial charge in [-0.25, -0.2) is 8.42 Å². The Labute approximate surface area is 106 Å². The number of nitrogens with zero attached hydrogens (tertiary/aromatic N) is 1. The zero-order valence-corrected chi connectivity index (χ0v) is 10.7. The molecule has 94 valence electrons. The summed E-state index contributed by atoms with van der Waals surface area (Å²) in [5, 5.41) is 9.21. The van der Waals surface area contributed by atoms with Crippen LogP contribution in [0, 0.1) is 0 Å². The van der Waals surface area contributed by atoms with Gasteiger partial charge in [-0.2, -0.15) is 0 Å². The maximum atomic E-state index is 11.4. The quantitative estimate of drug-likeness (QED) is 0.914. The van der Waals surface area contributed by atoms with E-state index >= 15 is 0 Å². The molecule has 0 aliphatic heterocycles. The monoisotopic (exact) mass is 263 g/mol. The largest absolute Gasteiger partial charge is 0.390 e. The van der Waals surface area contributed by atoms with Crippen molar-refractivity contribution >= 4 is 9.84 Å². The number of aromatic nitrogens is 1. The number of benzene rings is 1. The Morgan fingerprint density at radius 3 is 2.39 bits per heavy atom. The highest BCUT2D eigenvalue weighted by atomic mass is 32.2. The molecule has 0 spiro atoms. The van der Waals surface area contributed by atoms with Gasteiger partial charge >= 0.3 is 0 Å². The van der Waals surface area contributed by atoms with Crippen LogP contribution in [0.15, 0.2) is 47.5 Å². The molecule has 0 atom stereocenters. The highest BCUT2D eigenvalue weighted by molar-refractivity contribution is 7.90. The lowest BCUT2D eigenvalue weighted by molar-refractivity contribution is 0.277. The van der Waals surface area contributed by atoms with E-state index in [1.54, 1.807) is 36.5 Å². The summed E-state index contributed by atoms with van der Waals surface area (Å²) in [6.45, 7) is -0.149. The van der Waals surface area contributed by atoms with Gasteiger partial charge in [-0.1, -0.05) is 18.2 Å². The Morgan fingerprint density at radius 2 is 1.83 bits per heavy atom. The first kappa shape index (κ1) is 12.7. The molecule has 0 bridgehead atoms. The maximum Gasteiger partial charge on any atom is 0.175 e. The van der Waals surface area contributed by atoms with E-state index < -0.39 is 9.84 Å². The van der Waals surface area contributed by atoms with E-state index in [9.17, 15) is 13.5 Å². The topological polar surface area (TPSA) is 67.3 Å². The molecule has 1 heterocycles. The zero-order chi connectivity index (χ0) is 13.2. The van der Waals surface area contributed by atoms with Crippen molar-refractivity contribution in [2.75, 3.05) is 6.26 Å². The van der Waals surface area contributed by atoms with Crippen LogP contribution in [-0.2, 0) is 16.4 Å². The van der Waals surface area contributed by atoms with E-state index in [-0.39, 0.29) is 11.5 Å². The van der Waals surface area contributed by atoms with Crippen LogP contribution in [0.5, 0.6) is 0 Å². The Balaban J connectivity index is 2.47. The average molecular weight is 263 g/mol. The Bertz CT molecular complexity index is 648. The fraction of sp³-hybridized carbons (Fsp3) is 0.154. The molecule has 0 fully saturated rings. The number of hydrogen-bond acceptors (Lipinski definition) is 4. The minimum absolute atomic E-state index is 0.149. The third-order valence-corrected chi connectivity index (χ3v) is 3.76. The second-order valence-electron chi connectivity index (χ2n) is 3.95. The van der Waals surface area contributed by atoms with Crippen molar-refractivity contribution in [3.63, 3.8) is 0 Å². The summed E-state index contributed by atoms with van der Waals surface area (Å²) >= 11 is 0. The lowest BCUT2D eigenvalue weighted by Gasteiger charge is -2.07. The van der Waals surface area contributed by atoms with E-state index in [0.29, 0.717) is 5.69 Å². The number of hydrogen-bond donors (Lipinski definition) is 1. The van der Waals surface area contributed by atoms with Crippen LogP contribution >= 0.6 is 0 Å². The van der Waals surface area contributed by atoms with Crippen molar-refractivity contribution in [2.45, 2.75) is 11.5 Å². The predicted octanol–water partition coefficient (Wildman–Crippen LogP) is 1.64. The molecular weight excluding hydrogens is 250 g/mol. The van der Waals surface area contributed by atoms with Gasteiger partial charge in [0.15, 0.2) is 9.84 Å². The van der Waals surface area contributed by atoms with Crippen molar-refractivity contribution < 1.29 is 13.5 Å². The van der Waals surface area contributed by atoms with Gasteiger partial charge in [0, 0.05) is 18.0 Å². The summed E-state index contributed by atoms with van der Waals surface area (Å²) in [5.41, 5.74) is 2.21. The lowest BCUT2D eigenvalue weighted by atomic mass is 10.0. The van der Waals surface area contributed by atoms with Crippen LogP contribution in [-0.4, -0.2) is 24.8 Å². The van der Waals surface area contributed by atoms with E-state index in [1.807, 2.05) is 6.07 Å². The Morgan fingerprint density at radius 1 is 1.17 bits per heavy atom. The molecule has 0 unspecified atom stereocenters. The number of aliphatic hydroxyl groups excluding tert-OH is 1. The van der Waals surface area contributed by atoms with Gasteiger partial charge in [0.1, 0.15) is 0 Å². The van der Waals surface area contributed by atoms with Gasteiger partial charge in [0.2, 0.25) is 0 Å². The smallest absolute Gasteiger partial charge is 0.175 e. The highest BCUT2D eigenvalue weighted by Crippen LogP contribution is 2.23. The van der Waals surface area contributed by atoms with E-state index in [2.05, 4.69) is 4.98 Å². The lowest BCUT2D eigenvalue weighted by Crippen LogP contribution is -1.97. The second kappa shape index (κ2) is 4.88. The number of rotatable bonds is 3. The Kier molecular flexibility index (Phi) is 3.45. The summed E-state index contributed by atoms with van der Waals surface area (Å²) in [7, 11) is -3.18. The number of sulfone groups is 1. The van der Waals surface area contributed by atoms with Crippen LogP contribution in [0.3, 0.4) is 0 Å². The average Bonchev–Trinajstić information content (AvgIpc) is 2.38. The van der Waals surface area contributed by atoms with Gasteiger partial charge in [0.05, 0.1) is 17.2 Å². The number of pyridine rings is 1. The molecular formula is C13H13NO3S. The molecule has 0 aliphatic rings. The second-order valence-corrected chi connectivity index (χ2v) is 5.97. The molecule has 0 aliphatic carbocycles. The maximum absolute atomic E-state index is 11.4. The van der Waals surface area contributed by atoms with Crippen LogP contribution in [0.25, 0.3) is 11.1 Å². The molecule has 0 amide bonds. The van der Waals surface area contributed by atoms with E-state index in [4.69, 9.17) is 0 Å². The van der Waals surface area contributed by atoms with Crippen molar-refractivity contribution in [3.8, 4) is 11.1 Å². The fourth-order valence-electron chi connectivity index (χ4n) is 1.71. The third kappa shape index (κ3) is 2.57. The van der Waals surface area contributed by atoms with E-state index in [1.165, 1.54) is 6.26 Å². The van der Waals surface area contributed by atoms with Crippen LogP contribution < -0.4 is 0 Å². The molecule has 1 N–H and O–H groups in total. The van der Waals surface area contributed by atoms with Crippen LogP contribution in [0.4, 0.5) is 0 Å². The first-order valence-electron chi connectivity index (χ1n) is 5.37. The van der Waals surface area contributed by atoms with E-state index in [0.717, 1.165) is 11.1 Å². The van der Waals surface area contributed by atoms with Crippen LogP contribution in [0.1, 0.15) is 5.69 Å². The van der Waals surface area contributed by atoms with Gasteiger partial charge < -0.3 is 5.11 Å². The van der Waals surface area contributed by atoms with Crippen molar-refractivity contribution in [1.82, 2.24) is 4.98 Å². The standard InChI is InChI=1S/C13H13NO3S/c1-18(16,17)11-6-4-10(5-7-11)12-3-2-8-14-13(12)9-15/h2-8,15H,9H2,1H3. The molecule has 5 heteroatoms. The van der Waals surface area contributed by atoms with Gasteiger partial charge in [0.25, 0.3) is 0 Å². The zero-order valence-electron chi connectivity index (χ0n) is 9.87. The summed E-state index contributed by atoms with van der Waals surface area (Å²) in [6.07, 6.45) is 2.78. The van der Waals surface area contributed by atoms with Crippen molar-refractivity contribution in [2.24, 2.45) is 0 Å². The molecule has 0 saturated carbocycles. The van der Waals surface area contributed by atoms with Crippen molar-refractivity contribution in [3.05, 3.63) is 48.3 Å². The Hall–Kier alpha value is -1.72. The summed E-state index contributed by atoms with van der Waals surface area (Å²) in [5.74, 6) is 0. The molecule has 2 rings (SSSR count). The van der Waals surface area contributed by atoms with Crippen LogP contribution in [0.2, 0.25) is 0 Å². The molecule has 1 aromatic heterocycles. The summed E-state index contributed by atoms with van der Waals surface area (Å²) in [6, 6.07) is 10.2. The SMILES string of the molecule is CS(=O)(=O)c1ccc(-c2cccnc2CO)cc1. The molecule has 0 radical (unpaired) electrons. The minimum atomic E-state index is -3.18. The predicted molar refractivity (Wildman–Crippen MR) is 68.7 cm³/mol. The normalized spacial score (nSPS) is 11.4. The molecule has 18 heavy (non-hydrogen) atoms. The summed E-state index contributed by atoms with van der Waals surface area (Å²) in [4.78, 5) is 4.35. The first-order valence-corrected chi connectivity index (χ1v) is 7.27. The molecule has 2 aromatic rings. The fourth-order valence-corrected chi connectivity index (χ4v) is 2.34. The molecule has 4 nitrogen and oxygen atoms in total. The molecule has 0 saturated heterocycles. The molecule has 1 aromatic carbocycles. The number of aliphatic hydroxyl groups is 1. The highest BCUT2D eigenvalue weighted by Gasteiger charge is 2.09. The summed E-state index contributed by atoms with van der Waals surface area (Å²) < 4.78 is 22.7. The van der Waals surface area contributed by atoms with Gasteiger partial charge in [-0.15, -0.1) is 0 Å². The van der Waals surface area contributed by atoms with Gasteiger partial charge in [-0.05, 0) is 23.8 Å². The van der Waals surface area contributed by atoms with Gasteiger partial charge in [-0.3, -0.25) is 4.98 Å². The first-order chi connectivity index (χ1) is 8.52. The third-order valence-electron chi connectivity index (χ3n) is 2.63. The van der Waals surface area contributed by atoms with Crippen molar-refractivity contribution in [1.29, 1.82) is 0 Å². The minimum Gasteiger partial charge on any atom is -0.390 e.